The lowest BCUT2D eigenvalue weighted by molar-refractivity contribution is -0.141. The Morgan fingerprint density at radius 1 is 1.43 bits per heavy atom. The SMILES string of the molecule is O=C(O)CC1CSCCN1C(=O)C1CCCc2sccc21. The van der Waals surface area contributed by atoms with Gasteiger partial charge in [0.1, 0.15) is 0 Å². The van der Waals surface area contributed by atoms with Crippen LogP contribution in [-0.4, -0.2) is 46.0 Å². The summed E-state index contributed by atoms with van der Waals surface area (Å²) >= 11 is 3.48. The molecule has 1 aliphatic heterocycles. The number of fused-ring (bicyclic) bond motifs is 1. The Bertz CT molecular complexity index is 543. The molecule has 0 bridgehead atoms. The molecule has 2 atom stereocenters. The highest BCUT2D eigenvalue weighted by Crippen LogP contribution is 2.37. The molecule has 0 spiro atoms. The zero-order valence-electron chi connectivity index (χ0n) is 11.8. The lowest BCUT2D eigenvalue weighted by Gasteiger charge is -2.37. The van der Waals surface area contributed by atoms with Gasteiger partial charge in [0.15, 0.2) is 0 Å². The van der Waals surface area contributed by atoms with E-state index in [1.54, 1.807) is 23.1 Å². The smallest absolute Gasteiger partial charge is 0.305 e. The summed E-state index contributed by atoms with van der Waals surface area (Å²) in [5.41, 5.74) is 1.18. The van der Waals surface area contributed by atoms with Crippen molar-refractivity contribution in [1.82, 2.24) is 4.90 Å². The van der Waals surface area contributed by atoms with Gasteiger partial charge in [0, 0.05) is 22.9 Å². The second-order valence-corrected chi connectivity index (χ2v) is 7.75. The second kappa shape index (κ2) is 6.40. The van der Waals surface area contributed by atoms with Gasteiger partial charge in [0.25, 0.3) is 0 Å². The number of carbonyl (C=O) groups is 2. The molecule has 1 N–H and O–H groups in total. The molecule has 114 valence electrons. The number of nitrogens with zero attached hydrogens (tertiary/aromatic N) is 1. The Labute approximate surface area is 132 Å². The van der Waals surface area contributed by atoms with Crippen molar-refractivity contribution in [3.8, 4) is 0 Å². The summed E-state index contributed by atoms with van der Waals surface area (Å²) in [4.78, 5) is 27.1. The van der Waals surface area contributed by atoms with Crippen molar-refractivity contribution in [3.63, 3.8) is 0 Å². The number of amides is 1. The summed E-state index contributed by atoms with van der Waals surface area (Å²) in [5.74, 6) is 0.909. The number of thioether (sulfide) groups is 1. The van der Waals surface area contributed by atoms with Gasteiger partial charge in [-0.25, -0.2) is 0 Å². The second-order valence-electron chi connectivity index (χ2n) is 5.60. The fraction of sp³-hybridized carbons (Fsp3) is 0.600. The standard InChI is InChI=1S/C15H19NO3S2/c17-14(18)8-10-9-20-7-5-16(10)15(19)12-2-1-3-13-11(12)4-6-21-13/h4,6,10,12H,1-3,5,7-9H2,(H,17,18). The minimum Gasteiger partial charge on any atom is -0.481 e. The van der Waals surface area contributed by atoms with Gasteiger partial charge in [-0.05, 0) is 36.3 Å². The third-order valence-corrected chi connectivity index (χ3v) is 6.36. The first-order chi connectivity index (χ1) is 10.2. The molecule has 1 fully saturated rings. The maximum Gasteiger partial charge on any atom is 0.305 e. The average molecular weight is 325 g/mol. The van der Waals surface area contributed by atoms with Crippen molar-refractivity contribution < 1.29 is 14.7 Å². The molecule has 2 aliphatic rings. The van der Waals surface area contributed by atoms with E-state index in [1.807, 2.05) is 4.90 Å². The number of carboxylic acids is 1. The molecule has 2 unspecified atom stereocenters. The third-order valence-electron chi connectivity index (χ3n) is 4.27. The predicted molar refractivity (Wildman–Crippen MR) is 85.1 cm³/mol. The number of aliphatic carboxylic acids is 1. The fourth-order valence-corrected chi connectivity index (χ4v) is 5.31. The van der Waals surface area contributed by atoms with Crippen molar-refractivity contribution >= 4 is 35.0 Å². The number of hydrogen-bond donors (Lipinski definition) is 1. The number of carbonyl (C=O) groups excluding carboxylic acids is 1. The predicted octanol–water partition coefficient (Wildman–Crippen LogP) is 2.59. The van der Waals surface area contributed by atoms with E-state index in [2.05, 4.69) is 11.4 Å². The summed E-state index contributed by atoms with van der Waals surface area (Å²) in [6, 6.07) is 1.92. The molecule has 3 rings (SSSR count). The molecule has 0 radical (unpaired) electrons. The summed E-state index contributed by atoms with van der Waals surface area (Å²) < 4.78 is 0. The Hall–Kier alpha value is -1.01. The number of thiophene rings is 1. The molecular weight excluding hydrogens is 306 g/mol. The lowest BCUT2D eigenvalue weighted by Crippen LogP contribution is -2.49. The van der Waals surface area contributed by atoms with E-state index in [-0.39, 0.29) is 24.3 Å². The normalized spacial score (nSPS) is 25.4. The van der Waals surface area contributed by atoms with Crippen molar-refractivity contribution in [2.24, 2.45) is 0 Å². The van der Waals surface area contributed by atoms with Gasteiger partial charge < -0.3 is 10.0 Å². The molecular formula is C15H19NO3S2. The van der Waals surface area contributed by atoms with Gasteiger partial charge in [-0.2, -0.15) is 11.8 Å². The van der Waals surface area contributed by atoms with Gasteiger partial charge in [0.05, 0.1) is 18.4 Å². The highest BCUT2D eigenvalue weighted by atomic mass is 32.2. The van der Waals surface area contributed by atoms with E-state index in [4.69, 9.17) is 5.11 Å². The van der Waals surface area contributed by atoms with E-state index in [9.17, 15) is 9.59 Å². The van der Waals surface area contributed by atoms with E-state index in [0.29, 0.717) is 6.54 Å². The van der Waals surface area contributed by atoms with Crippen molar-refractivity contribution in [2.45, 2.75) is 37.6 Å². The Morgan fingerprint density at radius 2 is 2.29 bits per heavy atom. The van der Waals surface area contributed by atoms with Gasteiger partial charge in [0.2, 0.25) is 5.91 Å². The van der Waals surface area contributed by atoms with Crippen LogP contribution < -0.4 is 0 Å². The van der Waals surface area contributed by atoms with Crippen molar-refractivity contribution in [3.05, 3.63) is 21.9 Å². The Kier molecular flexibility index (Phi) is 4.54. The number of aryl methyl sites for hydroxylation is 1. The molecule has 1 amide bonds. The molecule has 0 saturated carbocycles. The van der Waals surface area contributed by atoms with Crippen LogP contribution in [0.1, 0.15) is 35.6 Å². The Morgan fingerprint density at radius 3 is 3.10 bits per heavy atom. The van der Waals surface area contributed by atoms with Crippen LogP contribution in [0, 0.1) is 0 Å². The minimum absolute atomic E-state index is 0.0561. The van der Waals surface area contributed by atoms with Crippen molar-refractivity contribution in [2.75, 3.05) is 18.1 Å². The maximum absolute atomic E-state index is 12.9. The topological polar surface area (TPSA) is 57.6 Å². The van der Waals surface area contributed by atoms with Gasteiger partial charge >= 0.3 is 5.97 Å². The lowest BCUT2D eigenvalue weighted by atomic mass is 9.86. The molecule has 6 heteroatoms. The quantitative estimate of drug-likeness (QED) is 0.928. The van der Waals surface area contributed by atoms with E-state index < -0.39 is 5.97 Å². The summed E-state index contributed by atoms with van der Waals surface area (Å²) in [6.45, 7) is 0.678. The monoisotopic (exact) mass is 325 g/mol. The molecule has 4 nitrogen and oxygen atoms in total. The van der Waals surface area contributed by atoms with E-state index in [0.717, 1.165) is 30.8 Å². The first kappa shape index (κ1) is 14.9. The molecule has 1 aliphatic carbocycles. The largest absolute Gasteiger partial charge is 0.481 e. The molecule has 0 aromatic carbocycles. The fourth-order valence-electron chi connectivity index (χ4n) is 3.26. The van der Waals surface area contributed by atoms with Crippen LogP contribution in [-0.2, 0) is 16.0 Å². The van der Waals surface area contributed by atoms with Crippen LogP contribution in [0.3, 0.4) is 0 Å². The molecule has 21 heavy (non-hydrogen) atoms. The summed E-state index contributed by atoms with van der Waals surface area (Å²) in [6.07, 6.45) is 3.08. The van der Waals surface area contributed by atoms with Gasteiger partial charge in [-0.3, -0.25) is 9.59 Å². The van der Waals surface area contributed by atoms with Crippen LogP contribution >= 0.6 is 23.1 Å². The van der Waals surface area contributed by atoms with Crippen molar-refractivity contribution in [1.29, 1.82) is 0 Å². The number of rotatable bonds is 3. The number of hydrogen-bond acceptors (Lipinski definition) is 4. The van der Waals surface area contributed by atoms with Crippen LogP contribution in [0.25, 0.3) is 0 Å². The summed E-state index contributed by atoms with van der Waals surface area (Å²) in [5, 5.41) is 11.1. The maximum atomic E-state index is 12.9. The third kappa shape index (κ3) is 3.11. The van der Waals surface area contributed by atoms with Crippen LogP contribution in [0.5, 0.6) is 0 Å². The first-order valence-electron chi connectivity index (χ1n) is 7.33. The average Bonchev–Trinajstić information content (AvgIpc) is 2.95. The summed E-state index contributed by atoms with van der Waals surface area (Å²) in [7, 11) is 0. The van der Waals surface area contributed by atoms with E-state index >= 15 is 0 Å². The Balaban J connectivity index is 1.79. The van der Waals surface area contributed by atoms with Gasteiger partial charge in [-0.15, -0.1) is 11.3 Å². The van der Waals surface area contributed by atoms with Crippen LogP contribution in [0.15, 0.2) is 11.4 Å². The molecule has 1 saturated heterocycles. The molecule has 1 aromatic rings. The zero-order valence-corrected chi connectivity index (χ0v) is 13.4. The molecule has 1 aromatic heterocycles. The van der Waals surface area contributed by atoms with Gasteiger partial charge in [-0.1, -0.05) is 0 Å². The van der Waals surface area contributed by atoms with Crippen LogP contribution in [0.4, 0.5) is 0 Å². The van der Waals surface area contributed by atoms with E-state index in [1.165, 1.54) is 10.4 Å². The first-order valence-corrected chi connectivity index (χ1v) is 9.36. The zero-order chi connectivity index (χ0) is 14.8. The molecule has 2 heterocycles. The number of carboxylic acid groups (broad SMARTS) is 1. The minimum atomic E-state index is -0.819. The highest BCUT2D eigenvalue weighted by Gasteiger charge is 2.35. The van der Waals surface area contributed by atoms with Crippen LogP contribution in [0.2, 0.25) is 0 Å². The highest BCUT2D eigenvalue weighted by molar-refractivity contribution is 7.99.